The highest BCUT2D eigenvalue weighted by Gasteiger charge is 2.39. The molecule has 4 nitrogen and oxygen atoms in total. The van der Waals surface area contributed by atoms with E-state index in [0.29, 0.717) is 19.6 Å². The van der Waals surface area contributed by atoms with Crippen molar-refractivity contribution in [1.82, 2.24) is 0 Å². The molecule has 5 heteroatoms. The third-order valence-electron chi connectivity index (χ3n) is 5.09. The van der Waals surface area contributed by atoms with Crippen LogP contribution in [0.3, 0.4) is 0 Å². The van der Waals surface area contributed by atoms with Gasteiger partial charge in [-0.2, -0.15) is 0 Å². The Labute approximate surface area is 160 Å². The summed E-state index contributed by atoms with van der Waals surface area (Å²) >= 11 is 0. The molecular formula is C21H36O4Si. The molecule has 0 spiro atoms. The number of methoxy groups -OCH3 is 1. The third kappa shape index (κ3) is 8.02. The fourth-order valence-corrected chi connectivity index (χ4v) is 3.88. The molecule has 0 aliphatic heterocycles. The Kier molecular flexibility index (Phi) is 9.00. The molecular weight excluding hydrogens is 344 g/mol. The lowest BCUT2D eigenvalue weighted by Gasteiger charge is -2.39. The van der Waals surface area contributed by atoms with E-state index in [1.165, 1.54) is 7.11 Å². The topological polar surface area (TPSA) is 44.8 Å². The summed E-state index contributed by atoms with van der Waals surface area (Å²) in [4.78, 5) is 11.6. The summed E-state index contributed by atoms with van der Waals surface area (Å²) < 4.78 is 17.3. The van der Waals surface area contributed by atoms with Gasteiger partial charge in [0.15, 0.2) is 8.32 Å². The first kappa shape index (κ1) is 22.9. The molecule has 0 unspecified atom stereocenters. The second-order valence-electron chi connectivity index (χ2n) is 8.62. The monoisotopic (exact) mass is 380 g/mol. The Morgan fingerprint density at radius 1 is 1.15 bits per heavy atom. The number of rotatable bonds is 10. The number of hydrogen-bond donors (Lipinski definition) is 0. The fraction of sp³-hybridized carbons (Fsp3) is 0.667. The molecule has 0 heterocycles. The van der Waals surface area contributed by atoms with Gasteiger partial charge in [-0.15, -0.1) is 0 Å². The van der Waals surface area contributed by atoms with Crippen molar-refractivity contribution in [2.24, 2.45) is 5.92 Å². The molecule has 0 aromatic heterocycles. The molecule has 1 aromatic rings. The van der Waals surface area contributed by atoms with Gasteiger partial charge < -0.3 is 13.9 Å². The Bertz CT molecular complexity index is 537. The first-order valence-corrected chi connectivity index (χ1v) is 12.3. The van der Waals surface area contributed by atoms with Crippen molar-refractivity contribution in [1.29, 1.82) is 0 Å². The van der Waals surface area contributed by atoms with E-state index in [1.54, 1.807) is 0 Å². The first-order valence-electron chi connectivity index (χ1n) is 9.41. The molecule has 0 saturated carbocycles. The predicted octanol–water partition coefficient (Wildman–Crippen LogP) is 5.18. The molecule has 0 saturated heterocycles. The van der Waals surface area contributed by atoms with Crippen LogP contribution < -0.4 is 0 Å². The van der Waals surface area contributed by atoms with Gasteiger partial charge >= 0.3 is 5.97 Å². The normalized spacial score (nSPS) is 14.7. The van der Waals surface area contributed by atoms with Crippen molar-refractivity contribution in [3.63, 3.8) is 0 Å². The van der Waals surface area contributed by atoms with E-state index in [9.17, 15) is 4.79 Å². The second-order valence-corrected chi connectivity index (χ2v) is 13.4. The SMILES string of the molecule is COC(=O)C[C@@H](C)C[C@H](COCc1ccccc1)O[Si](C)(C)C(C)(C)C. The number of carbonyl (C=O) groups is 1. The van der Waals surface area contributed by atoms with Crippen LogP contribution in [0, 0.1) is 5.92 Å². The molecule has 0 bridgehead atoms. The smallest absolute Gasteiger partial charge is 0.305 e. The molecule has 0 amide bonds. The zero-order valence-electron chi connectivity index (χ0n) is 17.5. The van der Waals surface area contributed by atoms with E-state index in [2.05, 4.69) is 52.9 Å². The molecule has 0 fully saturated rings. The maximum atomic E-state index is 11.6. The minimum absolute atomic E-state index is 0.0146. The molecule has 0 aliphatic carbocycles. The number of ether oxygens (including phenoxy) is 2. The minimum Gasteiger partial charge on any atom is -0.469 e. The summed E-state index contributed by atoms with van der Waals surface area (Å²) in [6.07, 6.45) is 1.18. The maximum absolute atomic E-state index is 11.6. The number of carbonyl (C=O) groups excluding carboxylic acids is 1. The molecule has 1 aromatic carbocycles. The van der Waals surface area contributed by atoms with Gasteiger partial charge in [0.05, 0.1) is 26.4 Å². The summed E-state index contributed by atoms with van der Waals surface area (Å²) in [5.41, 5.74) is 1.15. The van der Waals surface area contributed by atoms with Gasteiger partial charge in [0, 0.05) is 6.42 Å². The number of esters is 1. The van der Waals surface area contributed by atoms with Crippen LogP contribution >= 0.6 is 0 Å². The molecule has 0 N–H and O–H groups in total. The number of hydrogen-bond acceptors (Lipinski definition) is 4. The third-order valence-corrected chi connectivity index (χ3v) is 9.63. The lowest BCUT2D eigenvalue weighted by molar-refractivity contribution is -0.141. The van der Waals surface area contributed by atoms with E-state index in [-0.39, 0.29) is 23.0 Å². The van der Waals surface area contributed by atoms with Crippen molar-refractivity contribution in [3.8, 4) is 0 Å². The summed E-state index contributed by atoms with van der Waals surface area (Å²) in [5.74, 6) is 0.0197. The van der Waals surface area contributed by atoms with Crippen LogP contribution in [0.25, 0.3) is 0 Å². The van der Waals surface area contributed by atoms with Crippen LogP contribution in [-0.2, 0) is 25.3 Å². The second kappa shape index (κ2) is 10.2. The highest BCUT2D eigenvalue weighted by molar-refractivity contribution is 6.74. The summed E-state index contributed by atoms with van der Waals surface area (Å²) in [6.45, 7) is 14.4. The molecule has 1 rings (SSSR count). The van der Waals surface area contributed by atoms with Gasteiger partial charge in [0.25, 0.3) is 0 Å². The molecule has 2 atom stereocenters. The lowest BCUT2D eigenvalue weighted by atomic mass is 10.0. The van der Waals surface area contributed by atoms with Crippen molar-refractivity contribution < 1.29 is 18.7 Å². The average molecular weight is 381 g/mol. The van der Waals surface area contributed by atoms with Crippen molar-refractivity contribution >= 4 is 14.3 Å². The van der Waals surface area contributed by atoms with E-state index < -0.39 is 8.32 Å². The Morgan fingerprint density at radius 2 is 1.77 bits per heavy atom. The van der Waals surface area contributed by atoms with Gasteiger partial charge in [0.2, 0.25) is 0 Å². The average Bonchev–Trinajstić information content (AvgIpc) is 2.54. The predicted molar refractivity (Wildman–Crippen MR) is 109 cm³/mol. The van der Waals surface area contributed by atoms with Crippen molar-refractivity contribution in [2.75, 3.05) is 13.7 Å². The Hall–Kier alpha value is -1.17. The fourth-order valence-electron chi connectivity index (χ4n) is 2.53. The number of benzene rings is 1. The molecule has 0 radical (unpaired) electrons. The molecule has 26 heavy (non-hydrogen) atoms. The minimum atomic E-state index is -1.91. The van der Waals surface area contributed by atoms with Gasteiger partial charge in [-0.25, -0.2) is 0 Å². The van der Waals surface area contributed by atoms with E-state index in [0.717, 1.165) is 12.0 Å². The van der Waals surface area contributed by atoms with Gasteiger partial charge in [-0.05, 0) is 36.0 Å². The van der Waals surface area contributed by atoms with E-state index in [1.807, 2.05) is 18.2 Å². The zero-order chi connectivity index (χ0) is 19.8. The Balaban J connectivity index is 2.69. The van der Waals surface area contributed by atoms with Crippen LogP contribution in [0.15, 0.2) is 30.3 Å². The van der Waals surface area contributed by atoms with Gasteiger partial charge in [0.1, 0.15) is 0 Å². The Morgan fingerprint density at radius 3 is 2.31 bits per heavy atom. The highest BCUT2D eigenvalue weighted by Crippen LogP contribution is 2.38. The van der Waals surface area contributed by atoms with Crippen LogP contribution in [-0.4, -0.2) is 34.1 Å². The van der Waals surface area contributed by atoms with Crippen LogP contribution in [0.4, 0.5) is 0 Å². The van der Waals surface area contributed by atoms with Crippen LogP contribution in [0.5, 0.6) is 0 Å². The van der Waals surface area contributed by atoms with Crippen LogP contribution in [0.1, 0.15) is 46.1 Å². The lowest BCUT2D eigenvalue weighted by Crippen LogP contribution is -2.45. The summed E-state index contributed by atoms with van der Waals surface area (Å²) in [6, 6.07) is 10.1. The van der Waals surface area contributed by atoms with Gasteiger partial charge in [-0.3, -0.25) is 4.79 Å². The first-order chi connectivity index (χ1) is 12.0. The van der Waals surface area contributed by atoms with Crippen molar-refractivity contribution in [3.05, 3.63) is 35.9 Å². The summed E-state index contributed by atoms with van der Waals surface area (Å²) in [7, 11) is -0.476. The standard InChI is InChI=1S/C21H36O4Si/c1-17(14-20(22)23-5)13-19(25-26(6,7)21(2,3)4)16-24-15-18-11-9-8-10-12-18/h8-12,17,19H,13-16H2,1-7H3/t17-,19+/m0/s1. The zero-order valence-corrected chi connectivity index (χ0v) is 18.5. The quantitative estimate of drug-likeness (QED) is 0.414. The van der Waals surface area contributed by atoms with Crippen molar-refractivity contribution in [2.45, 2.75) is 71.4 Å². The molecule has 0 aliphatic rings. The maximum Gasteiger partial charge on any atom is 0.305 e. The van der Waals surface area contributed by atoms with E-state index in [4.69, 9.17) is 13.9 Å². The van der Waals surface area contributed by atoms with E-state index >= 15 is 0 Å². The van der Waals surface area contributed by atoms with Gasteiger partial charge in [-0.1, -0.05) is 58.0 Å². The largest absolute Gasteiger partial charge is 0.469 e. The summed E-state index contributed by atoms with van der Waals surface area (Å²) in [5, 5.41) is 0.135. The van der Waals surface area contributed by atoms with Crippen LogP contribution in [0.2, 0.25) is 18.1 Å². The highest BCUT2D eigenvalue weighted by atomic mass is 28.4. The molecule has 148 valence electrons.